The van der Waals surface area contributed by atoms with E-state index in [4.69, 9.17) is 9.26 Å². The molecule has 3 aromatic rings. The third-order valence-electron chi connectivity index (χ3n) is 3.62. The molecule has 1 aromatic carbocycles. The zero-order valence-corrected chi connectivity index (χ0v) is 12.5. The van der Waals surface area contributed by atoms with E-state index in [9.17, 15) is 4.79 Å². The summed E-state index contributed by atoms with van der Waals surface area (Å²) in [5.74, 6) is 1.05. The van der Waals surface area contributed by atoms with Crippen molar-refractivity contribution in [2.75, 3.05) is 10.6 Å². The van der Waals surface area contributed by atoms with E-state index >= 15 is 0 Å². The third-order valence-corrected chi connectivity index (χ3v) is 3.62. The lowest BCUT2D eigenvalue weighted by Crippen LogP contribution is -2.34. The highest BCUT2D eigenvalue weighted by atomic mass is 16.5. The second-order valence-electron chi connectivity index (χ2n) is 5.26. The number of aromatic nitrogens is 3. The molecular weight excluding hydrogens is 298 g/mol. The molecule has 1 amide bonds. The number of hydrogen-bond donors (Lipinski definition) is 2. The molecular formula is C15H13N5O3. The van der Waals surface area contributed by atoms with Crippen LogP contribution in [0.3, 0.4) is 0 Å². The van der Waals surface area contributed by atoms with Gasteiger partial charge in [-0.1, -0.05) is 5.16 Å². The van der Waals surface area contributed by atoms with Gasteiger partial charge in [0.15, 0.2) is 6.10 Å². The molecule has 23 heavy (non-hydrogen) atoms. The Bertz CT molecular complexity index is 921. The van der Waals surface area contributed by atoms with Gasteiger partial charge < -0.3 is 19.9 Å². The summed E-state index contributed by atoms with van der Waals surface area (Å²) in [6.45, 7) is 3.53. The van der Waals surface area contributed by atoms with Crippen molar-refractivity contribution in [2.24, 2.45) is 0 Å². The number of ether oxygens (including phenoxy) is 1. The zero-order valence-electron chi connectivity index (χ0n) is 12.5. The number of anilines is 3. The molecule has 1 unspecified atom stereocenters. The average Bonchev–Trinajstić information content (AvgIpc) is 2.91. The number of aryl methyl sites for hydroxylation is 1. The van der Waals surface area contributed by atoms with E-state index < -0.39 is 6.10 Å². The first-order chi connectivity index (χ1) is 11.1. The van der Waals surface area contributed by atoms with Crippen LogP contribution in [0.4, 0.5) is 17.2 Å². The highest BCUT2D eigenvalue weighted by Gasteiger charge is 2.23. The van der Waals surface area contributed by atoms with Crippen molar-refractivity contribution >= 4 is 34.2 Å². The van der Waals surface area contributed by atoms with Gasteiger partial charge in [0.1, 0.15) is 23.3 Å². The molecule has 0 saturated heterocycles. The number of amides is 1. The molecule has 116 valence electrons. The average molecular weight is 311 g/mol. The lowest BCUT2D eigenvalue weighted by molar-refractivity contribution is -0.122. The second-order valence-corrected chi connectivity index (χ2v) is 5.26. The number of carbonyl (C=O) groups is 1. The van der Waals surface area contributed by atoms with E-state index in [1.165, 1.54) is 6.33 Å². The summed E-state index contributed by atoms with van der Waals surface area (Å²) >= 11 is 0. The zero-order chi connectivity index (χ0) is 16.0. The predicted molar refractivity (Wildman–Crippen MR) is 82.8 cm³/mol. The van der Waals surface area contributed by atoms with Gasteiger partial charge in [0.25, 0.3) is 11.6 Å². The van der Waals surface area contributed by atoms with Gasteiger partial charge in [0, 0.05) is 5.69 Å². The lowest BCUT2D eigenvalue weighted by atomic mass is 10.2. The summed E-state index contributed by atoms with van der Waals surface area (Å²) in [5.41, 5.74) is 2.49. The smallest absolute Gasteiger partial charge is 0.265 e. The van der Waals surface area contributed by atoms with Gasteiger partial charge in [-0.25, -0.2) is 4.98 Å². The molecule has 8 heteroatoms. The molecule has 0 radical (unpaired) electrons. The van der Waals surface area contributed by atoms with Crippen molar-refractivity contribution in [1.29, 1.82) is 0 Å². The first kappa shape index (κ1) is 13.5. The van der Waals surface area contributed by atoms with E-state index in [1.54, 1.807) is 19.1 Å². The molecule has 2 N–H and O–H groups in total. The topological polar surface area (TPSA) is 102 Å². The van der Waals surface area contributed by atoms with Gasteiger partial charge >= 0.3 is 0 Å². The summed E-state index contributed by atoms with van der Waals surface area (Å²) < 4.78 is 10.7. The molecule has 2 aromatic heterocycles. The number of carbonyl (C=O) groups excluding carboxylic acids is 1. The Morgan fingerprint density at radius 3 is 3.04 bits per heavy atom. The fraction of sp³-hybridized carbons (Fsp3) is 0.200. The molecule has 1 atom stereocenters. The Morgan fingerprint density at radius 1 is 1.30 bits per heavy atom. The van der Waals surface area contributed by atoms with Gasteiger partial charge in [-0.3, -0.25) is 4.79 Å². The van der Waals surface area contributed by atoms with Gasteiger partial charge in [0.05, 0.1) is 11.4 Å². The fourth-order valence-corrected chi connectivity index (χ4v) is 2.44. The summed E-state index contributed by atoms with van der Waals surface area (Å²) in [6, 6.07) is 5.43. The Hall–Kier alpha value is -3.16. The Labute approximate surface area is 130 Å². The van der Waals surface area contributed by atoms with Crippen LogP contribution in [0.1, 0.15) is 12.6 Å². The van der Waals surface area contributed by atoms with Gasteiger partial charge in [-0.2, -0.15) is 4.98 Å². The molecule has 4 rings (SSSR count). The molecule has 0 bridgehead atoms. The lowest BCUT2D eigenvalue weighted by Gasteiger charge is -2.23. The molecule has 0 aliphatic carbocycles. The minimum Gasteiger partial charge on any atom is -0.479 e. The summed E-state index contributed by atoms with van der Waals surface area (Å²) in [6.07, 6.45) is 0.905. The van der Waals surface area contributed by atoms with E-state index in [0.29, 0.717) is 28.7 Å². The highest BCUT2D eigenvalue weighted by Crippen LogP contribution is 2.34. The predicted octanol–water partition coefficient (Wildman–Crippen LogP) is 2.39. The fourth-order valence-electron chi connectivity index (χ4n) is 2.44. The molecule has 3 heterocycles. The monoisotopic (exact) mass is 311 g/mol. The maximum atomic E-state index is 11.7. The molecule has 0 saturated carbocycles. The Balaban J connectivity index is 1.71. The van der Waals surface area contributed by atoms with Gasteiger partial charge in [-0.05, 0) is 32.0 Å². The van der Waals surface area contributed by atoms with Crippen LogP contribution in [-0.2, 0) is 4.79 Å². The van der Waals surface area contributed by atoms with E-state index in [0.717, 1.165) is 11.1 Å². The van der Waals surface area contributed by atoms with Crippen LogP contribution < -0.4 is 15.4 Å². The maximum Gasteiger partial charge on any atom is 0.265 e. The van der Waals surface area contributed by atoms with Crippen LogP contribution in [0.5, 0.6) is 5.75 Å². The minimum atomic E-state index is -0.498. The van der Waals surface area contributed by atoms with Gasteiger partial charge in [-0.15, -0.1) is 0 Å². The van der Waals surface area contributed by atoms with Crippen LogP contribution in [0.25, 0.3) is 11.1 Å². The van der Waals surface area contributed by atoms with Crippen molar-refractivity contribution in [1.82, 2.24) is 15.1 Å². The van der Waals surface area contributed by atoms with Crippen LogP contribution >= 0.6 is 0 Å². The van der Waals surface area contributed by atoms with Crippen LogP contribution in [-0.4, -0.2) is 27.1 Å². The van der Waals surface area contributed by atoms with E-state index in [1.807, 2.05) is 13.0 Å². The van der Waals surface area contributed by atoms with Crippen LogP contribution in [0, 0.1) is 6.92 Å². The summed E-state index contributed by atoms with van der Waals surface area (Å²) in [7, 11) is 0. The number of nitrogens with zero attached hydrogens (tertiary/aromatic N) is 3. The first-order valence-corrected chi connectivity index (χ1v) is 7.07. The van der Waals surface area contributed by atoms with Crippen molar-refractivity contribution in [3.05, 3.63) is 30.2 Å². The van der Waals surface area contributed by atoms with Crippen molar-refractivity contribution in [3.8, 4) is 5.75 Å². The second kappa shape index (κ2) is 4.94. The van der Waals surface area contributed by atoms with Crippen LogP contribution in [0.2, 0.25) is 0 Å². The molecule has 1 aliphatic rings. The number of nitrogens with one attached hydrogen (secondary N) is 2. The number of rotatable bonds is 2. The standard InChI is InChI=1S/C15H13N5O3/c1-7-12-13(16-6-17-15(12)23-20-7)18-9-3-4-11-10(5-9)19-14(21)8(2)22-11/h3-6,8H,1-2H3,(H,19,21)(H,16,17,18). The largest absolute Gasteiger partial charge is 0.479 e. The number of fused-ring (bicyclic) bond motifs is 2. The maximum absolute atomic E-state index is 11.7. The summed E-state index contributed by atoms with van der Waals surface area (Å²) in [5, 5.41) is 10.6. The SMILES string of the molecule is Cc1noc2ncnc(Nc3ccc4c(c3)NC(=O)C(C)O4)c12. The first-order valence-electron chi connectivity index (χ1n) is 7.07. The Kier molecular flexibility index (Phi) is 2.90. The van der Waals surface area contributed by atoms with Crippen molar-refractivity contribution in [3.63, 3.8) is 0 Å². The number of benzene rings is 1. The van der Waals surface area contributed by atoms with Gasteiger partial charge in [0.2, 0.25) is 0 Å². The van der Waals surface area contributed by atoms with Crippen LogP contribution in [0.15, 0.2) is 29.0 Å². The van der Waals surface area contributed by atoms with Crippen molar-refractivity contribution < 1.29 is 14.1 Å². The Morgan fingerprint density at radius 2 is 2.17 bits per heavy atom. The minimum absolute atomic E-state index is 0.172. The summed E-state index contributed by atoms with van der Waals surface area (Å²) in [4.78, 5) is 20.0. The third kappa shape index (κ3) is 2.24. The molecule has 0 spiro atoms. The molecule has 1 aliphatic heterocycles. The molecule has 0 fully saturated rings. The van der Waals surface area contributed by atoms with E-state index in [2.05, 4.69) is 25.8 Å². The van der Waals surface area contributed by atoms with Crippen molar-refractivity contribution in [2.45, 2.75) is 20.0 Å². The number of hydrogen-bond acceptors (Lipinski definition) is 7. The molecule has 8 nitrogen and oxygen atoms in total. The van der Waals surface area contributed by atoms with E-state index in [-0.39, 0.29) is 5.91 Å². The quantitative estimate of drug-likeness (QED) is 0.749. The normalized spacial score (nSPS) is 16.6. The highest BCUT2D eigenvalue weighted by molar-refractivity contribution is 5.98.